The number of fused-ring (bicyclic) bond motifs is 1. The molecule has 0 unspecified atom stereocenters. The number of anilines is 1. The summed E-state index contributed by atoms with van der Waals surface area (Å²) in [6, 6.07) is 6.30. The van der Waals surface area contributed by atoms with Gasteiger partial charge in [-0.2, -0.15) is 0 Å². The Kier molecular flexibility index (Phi) is 5.64. The number of nitrogens with two attached hydrogens (primary N) is 1. The van der Waals surface area contributed by atoms with Crippen LogP contribution < -0.4 is 16.4 Å². The van der Waals surface area contributed by atoms with Gasteiger partial charge >= 0.3 is 0 Å². The van der Waals surface area contributed by atoms with E-state index in [4.69, 9.17) is 5.73 Å². The Morgan fingerprint density at radius 3 is 2.74 bits per heavy atom. The van der Waals surface area contributed by atoms with Crippen molar-refractivity contribution in [1.29, 1.82) is 0 Å². The van der Waals surface area contributed by atoms with Crippen molar-refractivity contribution in [3.8, 4) is 0 Å². The number of aryl methyl sites for hydroxylation is 1. The van der Waals surface area contributed by atoms with Crippen LogP contribution >= 0.6 is 0 Å². The van der Waals surface area contributed by atoms with Crippen LogP contribution in [0.3, 0.4) is 0 Å². The molecule has 23 heavy (non-hydrogen) atoms. The molecule has 1 aromatic rings. The fourth-order valence-corrected chi connectivity index (χ4v) is 2.69. The maximum Gasteiger partial charge on any atom is 0.225 e. The number of amides is 1. The number of nitrogens with zero attached hydrogens (tertiary/aromatic N) is 1. The number of rotatable bonds is 4. The Bertz CT molecular complexity index is 587. The number of benzene rings is 1. The first kappa shape index (κ1) is 17.3. The molecule has 5 nitrogen and oxygen atoms in total. The summed E-state index contributed by atoms with van der Waals surface area (Å²) in [4.78, 5) is 16.0. The molecule has 5 heteroatoms. The first-order valence-corrected chi connectivity index (χ1v) is 8.34. The lowest BCUT2D eigenvalue weighted by atomic mass is 9.90. The van der Waals surface area contributed by atoms with Crippen LogP contribution in [0.4, 0.5) is 5.69 Å². The van der Waals surface area contributed by atoms with Crippen LogP contribution in [0.25, 0.3) is 0 Å². The van der Waals surface area contributed by atoms with Gasteiger partial charge in [0.15, 0.2) is 5.96 Å². The van der Waals surface area contributed by atoms with Gasteiger partial charge in [0.1, 0.15) is 0 Å². The summed E-state index contributed by atoms with van der Waals surface area (Å²) >= 11 is 0. The molecule has 1 amide bonds. The van der Waals surface area contributed by atoms with Gasteiger partial charge in [0, 0.05) is 17.6 Å². The van der Waals surface area contributed by atoms with Crippen LogP contribution in [0.1, 0.15) is 44.7 Å². The van der Waals surface area contributed by atoms with Crippen LogP contribution in [0.5, 0.6) is 0 Å². The number of hydrogen-bond donors (Lipinski definition) is 3. The standard InChI is InChI=1S/C18H28N4O/c1-18(2,3)16(23)20-11-12-21-17(19)22-15-10-6-8-13-7-4-5-9-14(13)15/h6,8,10H,4-5,7,9,11-12H2,1-3H3,(H,20,23)(H3,19,21,22). The maximum atomic E-state index is 11.8. The fourth-order valence-electron chi connectivity index (χ4n) is 2.69. The molecule has 0 heterocycles. The van der Waals surface area contributed by atoms with Gasteiger partial charge in [-0.15, -0.1) is 0 Å². The average molecular weight is 316 g/mol. The number of guanidine groups is 1. The van der Waals surface area contributed by atoms with Gasteiger partial charge in [0.2, 0.25) is 5.91 Å². The summed E-state index contributed by atoms with van der Waals surface area (Å²) in [5.74, 6) is 0.422. The monoisotopic (exact) mass is 316 g/mol. The second kappa shape index (κ2) is 7.49. The largest absolute Gasteiger partial charge is 0.370 e. The van der Waals surface area contributed by atoms with Crippen molar-refractivity contribution in [1.82, 2.24) is 5.32 Å². The molecule has 0 aliphatic heterocycles. The summed E-state index contributed by atoms with van der Waals surface area (Å²) < 4.78 is 0. The van der Waals surface area contributed by atoms with Crippen molar-refractivity contribution in [2.45, 2.75) is 46.5 Å². The summed E-state index contributed by atoms with van der Waals surface area (Å²) in [7, 11) is 0. The van der Waals surface area contributed by atoms with Crippen LogP contribution in [-0.2, 0) is 17.6 Å². The first-order chi connectivity index (χ1) is 10.9. The normalized spacial score (nSPS) is 15.0. The average Bonchev–Trinajstić information content (AvgIpc) is 2.51. The SMILES string of the molecule is CC(C)(C)C(=O)NCCN=C(N)Nc1cccc2c1CCCC2. The van der Waals surface area contributed by atoms with Gasteiger partial charge in [-0.3, -0.25) is 9.79 Å². The van der Waals surface area contributed by atoms with Crippen molar-refractivity contribution < 1.29 is 4.79 Å². The van der Waals surface area contributed by atoms with Gasteiger partial charge in [0.05, 0.1) is 6.54 Å². The van der Waals surface area contributed by atoms with Crippen molar-refractivity contribution in [2.24, 2.45) is 16.1 Å². The van der Waals surface area contributed by atoms with Crippen LogP contribution in [0, 0.1) is 5.41 Å². The van der Waals surface area contributed by atoms with E-state index in [1.54, 1.807) is 0 Å². The van der Waals surface area contributed by atoms with Gasteiger partial charge < -0.3 is 16.4 Å². The molecular formula is C18H28N4O. The fraction of sp³-hybridized carbons (Fsp3) is 0.556. The predicted octanol–water partition coefficient (Wildman–Crippen LogP) is 2.45. The van der Waals surface area contributed by atoms with Crippen molar-refractivity contribution in [3.05, 3.63) is 29.3 Å². The lowest BCUT2D eigenvalue weighted by molar-refractivity contribution is -0.128. The Balaban J connectivity index is 1.87. The van der Waals surface area contributed by atoms with E-state index in [0.717, 1.165) is 18.5 Å². The zero-order chi connectivity index (χ0) is 16.9. The highest BCUT2D eigenvalue weighted by atomic mass is 16.2. The lowest BCUT2D eigenvalue weighted by Gasteiger charge is -2.20. The Morgan fingerprint density at radius 2 is 2.00 bits per heavy atom. The lowest BCUT2D eigenvalue weighted by Crippen LogP contribution is -2.36. The summed E-state index contributed by atoms with van der Waals surface area (Å²) in [6.07, 6.45) is 4.71. The van der Waals surface area contributed by atoms with E-state index in [0.29, 0.717) is 19.0 Å². The molecule has 0 aromatic heterocycles. The number of carbonyl (C=O) groups is 1. The molecule has 2 rings (SSSR count). The molecular weight excluding hydrogens is 288 g/mol. The highest BCUT2D eigenvalue weighted by Crippen LogP contribution is 2.27. The number of aliphatic imine (C=N–C) groups is 1. The van der Waals surface area contributed by atoms with Crippen molar-refractivity contribution in [3.63, 3.8) is 0 Å². The number of nitrogens with one attached hydrogen (secondary N) is 2. The van der Waals surface area contributed by atoms with E-state index in [1.165, 1.54) is 24.0 Å². The third-order valence-electron chi connectivity index (χ3n) is 4.02. The molecule has 0 saturated carbocycles. The first-order valence-electron chi connectivity index (χ1n) is 8.34. The van der Waals surface area contributed by atoms with Gasteiger partial charge in [-0.25, -0.2) is 0 Å². The van der Waals surface area contributed by atoms with Crippen LogP contribution in [0.15, 0.2) is 23.2 Å². The second-order valence-electron chi connectivity index (χ2n) is 7.05. The number of hydrogen-bond acceptors (Lipinski definition) is 2. The predicted molar refractivity (Wildman–Crippen MR) is 95.7 cm³/mol. The maximum absolute atomic E-state index is 11.8. The molecule has 1 aromatic carbocycles. The van der Waals surface area contributed by atoms with Crippen LogP contribution in [0.2, 0.25) is 0 Å². The zero-order valence-corrected chi connectivity index (χ0v) is 14.4. The van der Waals surface area contributed by atoms with Gasteiger partial charge in [-0.1, -0.05) is 32.9 Å². The minimum Gasteiger partial charge on any atom is -0.370 e. The summed E-state index contributed by atoms with van der Waals surface area (Å²) in [5.41, 5.74) is 9.41. The van der Waals surface area contributed by atoms with E-state index in [1.807, 2.05) is 26.8 Å². The Labute approximate surface area is 138 Å². The molecule has 0 fully saturated rings. The molecule has 4 N–H and O–H groups in total. The molecule has 0 spiro atoms. The van der Waals surface area contributed by atoms with E-state index in [-0.39, 0.29) is 11.3 Å². The Morgan fingerprint density at radius 1 is 1.26 bits per heavy atom. The highest BCUT2D eigenvalue weighted by Gasteiger charge is 2.20. The minimum absolute atomic E-state index is 0.0244. The molecule has 0 radical (unpaired) electrons. The third-order valence-corrected chi connectivity index (χ3v) is 4.02. The van der Waals surface area contributed by atoms with Crippen molar-refractivity contribution in [2.75, 3.05) is 18.4 Å². The molecule has 0 atom stereocenters. The van der Waals surface area contributed by atoms with E-state index in [9.17, 15) is 4.79 Å². The van der Waals surface area contributed by atoms with E-state index < -0.39 is 0 Å². The molecule has 0 bridgehead atoms. The Hall–Kier alpha value is -2.04. The molecule has 1 aliphatic rings. The van der Waals surface area contributed by atoms with Crippen molar-refractivity contribution >= 4 is 17.6 Å². The van der Waals surface area contributed by atoms with E-state index >= 15 is 0 Å². The highest BCUT2D eigenvalue weighted by molar-refractivity contribution is 5.93. The topological polar surface area (TPSA) is 79.5 Å². The van der Waals surface area contributed by atoms with Gasteiger partial charge in [0.25, 0.3) is 0 Å². The van der Waals surface area contributed by atoms with Crippen LogP contribution in [-0.4, -0.2) is 25.0 Å². The molecule has 126 valence electrons. The number of carbonyl (C=O) groups excluding carboxylic acids is 1. The zero-order valence-electron chi connectivity index (χ0n) is 14.4. The smallest absolute Gasteiger partial charge is 0.225 e. The molecule has 0 saturated heterocycles. The quantitative estimate of drug-likeness (QED) is 0.453. The molecule has 1 aliphatic carbocycles. The summed E-state index contributed by atoms with van der Waals surface area (Å²) in [6.45, 7) is 6.63. The van der Waals surface area contributed by atoms with Gasteiger partial charge in [-0.05, 0) is 42.9 Å². The third kappa shape index (κ3) is 4.98. The van der Waals surface area contributed by atoms with E-state index in [2.05, 4.69) is 27.8 Å². The minimum atomic E-state index is -0.378. The second-order valence-corrected chi connectivity index (χ2v) is 7.05. The summed E-state index contributed by atoms with van der Waals surface area (Å²) in [5, 5.41) is 6.07.